The summed E-state index contributed by atoms with van der Waals surface area (Å²) >= 11 is 0. The molecule has 4 aliphatic rings. The average molecular weight is 466 g/mol. The highest BCUT2D eigenvalue weighted by molar-refractivity contribution is 5.84. The average Bonchev–Trinajstić information content (AvgIpc) is 2.83. The largest absolute Gasteiger partial charge is 0.379 e. The SMILES string of the molecule is CNC(=O)C1CC2C(=O)N3CCCC(C)C3NC2N(CCC2CCC(OC)C(OC)C2)C1N. The maximum atomic E-state index is 13.6. The molecule has 0 spiro atoms. The summed E-state index contributed by atoms with van der Waals surface area (Å²) in [6.45, 7) is 3.77. The lowest BCUT2D eigenvalue weighted by atomic mass is 9.78. The van der Waals surface area contributed by atoms with Crippen LogP contribution >= 0.6 is 0 Å². The Morgan fingerprint density at radius 3 is 2.61 bits per heavy atom. The Kier molecular flexibility index (Phi) is 7.95. The molecular formula is C24H43N5O4. The van der Waals surface area contributed by atoms with Gasteiger partial charge in [0.25, 0.3) is 0 Å². The van der Waals surface area contributed by atoms with Gasteiger partial charge in [-0.25, -0.2) is 0 Å². The van der Waals surface area contributed by atoms with Gasteiger partial charge in [0, 0.05) is 34.4 Å². The molecule has 188 valence electrons. The van der Waals surface area contributed by atoms with Crippen LogP contribution in [0.4, 0.5) is 0 Å². The van der Waals surface area contributed by atoms with Crippen LogP contribution in [0.5, 0.6) is 0 Å². The molecule has 0 aromatic rings. The number of hydrogen-bond donors (Lipinski definition) is 3. The van der Waals surface area contributed by atoms with Crippen molar-refractivity contribution in [2.75, 3.05) is 34.4 Å². The van der Waals surface area contributed by atoms with Crippen molar-refractivity contribution in [3.05, 3.63) is 0 Å². The highest BCUT2D eigenvalue weighted by atomic mass is 16.5. The Morgan fingerprint density at radius 1 is 1.15 bits per heavy atom. The smallest absolute Gasteiger partial charge is 0.229 e. The normalized spacial score (nSPS) is 41.9. The zero-order valence-corrected chi connectivity index (χ0v) is 20.7. The second-order valence-electron chi connectivity index (χ2n) is 10.5. The van der Waals surface area contributed by atoms with Crippen LogP contribution in [0.2, 0.25) is 0 Å². The van der Waals surface area contributed by atoms with Crippen molar-refractivity contribution in [1.82, 2.24) is 20.4 Å². The molecule has 4 rings (SSSR count). The second kappa shape index (κ2) is 10.6. The van der Waals surface area contributed by atoms with Crippen molar-refractivity contribution in [2.45, 2.75) is 82.6 Å². The van der Waals surface area contributed by atoms with Crippen molar-refractivity contribution in [2.24, 2.45) is 29.4 Å². The zero-order valence-electron chi connectivity index (χ0n) is 20.7. The molecule has 1 aliphatic carbocycles. The lowest BCUT2D eigenvalue weighted by molar-refractivity contribution is -0.165. The standard InChI is InChI=1S/C24H43N5O4/c1-14-6-5-10-29-21(14)27-22-17(24(29)31)13-16(23(30)26-2)20(25)28(22)11-9-15-7-8-18(32-3)19(12-15)33-4/h14-22,27H,5-13,25H2,1-4H3,(H,26,30). The number of hydrogen-bond acceptors (Lipinski definition) is 7. The molecule has 0 aromatic heterocycles. The number of rotatable bonds is 6. The Labute approximate surface area is 198 Å². The molecule has 4 N–H and O–H groups in total. The van der Waals surface area contributed by atoms with E-state index in [1.165, 1.54) is 0 Å². The maximum absolute atomic E-state index is 13.6. The molecule has 4 fully saturated rings. The highest BCUT2D eigenvalue weighted by Gasteiger charge is 2.53. The molecule has 0 radical (unpaired) electrons. The molecule has 33 heavy (non-hydrogen) atoms. The first-order valence-electron chi connectivity index (χ1n) is 12.7. The first kappa shape index (κ1) is 24.9. The quantitative estimate of drug-likeness (QED) is 0.529. The molecule has 0 aromatic carbocycles. The monoisotopic (exact) mass is 465 g/mol. The lowest BCUT2D eigenvalue weighted by Gasteiger charge is -2.56. The fourth-order valence-electron chi connectivity index (χ4n) is 6.75. The predicted molar refractivity (Wildman–Crippen MR) is 125 cm³/mol. The molecule has 3 saturated heterocycles. The van der Waals surface area contributed by atoms with Gasteiger partial charge < -0.3 is 25.4 Å². The van der Waals surface area contributed by atoms with E-state index < -0.39 is 12.1 Å². The molecule has 3 aliphatic heterocycles. The number of nitrogens with zero attached hydrogens (tertiary/aromatic N) is 2. The molecule has 3 heterocycles. The van der Waals surface area contributed by atoms with Crippen LogP contribution in [-0.4, -0.2) is 86.7 Å². The molecule has 1 saturated carbocycles. The summed E-state index contributed by atoms with van der Waals surface area (Å²) in [6.07, 6.45) is 6.45. The van der Waals surface area contributed by atoms with Gasteiger partial charge in [-0.3, -0.25) is 19.8 Å². The first-order chi connectivity index (χ1) is 15.9. The van der Waals surface area contributed by atoms with Crippen molar-refractivity contribution in [1.29, 1.82) is 0 Å². The number of piperidine rings is 2. The third kappa shape index (κ3) is 4.80. The molecule has 2 amide bonds. The summed E-state index contributed by atoms with van der Waals surface area (Å²) in [4.78, 5) is 30.5. The van der Waals surface area contributed by atoms with Gasteiger partial charge in [-0.15, -0.1) is 0 Å². The maximum Gasteiger partial charge on any atom is 0.229 e. The minimum atomic E-state index is -0.412. The third-order valence-electron chi connectivity index (χ3n) is 8.74. The van der Waals surface area contributed by atoms with Crippen molar-refractivity contribution >= 4 is 11.8 Å². The summed E-state index contributed by atoms with van der Waals surface area (Å²) in [7, 11) is 5.16. The first-order valence-corrected chi connectivity index (χ1v) is 12.7. The van der Waals surface area contributed by atoms with Gasteiger partial charge in [-0.2, -0.15) is 0 Å². The number of likely N-dealkylation sites (tertiary alicyclic amines) is 1. The summed E-state index contributed by atoms with van der Waals surface area (Å²) < 4.78 is 11.3. The third-order valence-corrected chi connectivity index (χ3v) is 8.74. The van der Waals surface area contributed by atoms with Gasteiger partial charge in [0.05, 0.1) is 42.5 Å². The van der Waals surface area contributed by atoms with Crippen LogP contribution in [0.1, 0.15) is 51.9 Å². The van der Waals surface area contributed by atoms with Gasteiger partial charge in [0.2, 0.25) is 11.8 Å². The Bertz CT molecular complexity index is 708. The number of carbonyl (C=O) groups excluding carboxylic acids is 2. The van der Waals surface area contributed by atoms with E-state index in [0.29, 0.717) is 18.3 Å². The summed E-state index contributed by atoms with van der Waals surface area (Å²) in [5, 5.41) is 6.56. The Balaban J connectivity index is 1.51. The molecule has 9 unspecified atom stereocenters. The number of amides is 2. The van der Waals surface area contributed by atoms with Gasteiger partial charge >= 0.3 is 0 Å². The topological polar surface area (TPSA) is 109 Å². The number of fused-ring (bicyclic) bond motifs is 2. The van der Waals surface area contributed by atoms with E-state index in [2.05, 4.69) is 22.5 Å². The summed E-state index contributed by atoms with van der Waals surface area (Å²) in [5.41, 5.74) is 6.72. The Morgan fingerprint density at radius 2 is 1.91 bits per heavy atom. The fourth-order valence-corrected chi connectivity index (χ4v) is 6.75. The van der Waals surface area contributed by atoms with E-state index in [1.807, 2.05) is 4.90 Å². The molecule has 9 atom stereocenters. The Hall–Kier alpha value is -1.26. The van der Waals surface area contributed by atoms with Crippen LogP contribution in [-0.2, 0) is 19.1 Å². The van der Waals surface area contributed by atoms with E-state index in [1.54, 1.807) is 21.3 Å². The molecule has 0 bridgehead atoms. The minimum Gasteiger partial charge on any atom is -0.379 e. The van der Waals surface area contributed by atoms with Crippen LogP contribution in [0.3, 0.4) is 0 Å². The van der Waals surface area contributed by atoms with Gasteiger partial charge in [-0.05, 0) is 56.8 Å². The van der Waals surface area contributed by atoms with E-state index in [-0.39, 0.29) is 42.3 Å². The number of methoxy groups -OCH3 is 2. The summed E-state index contributed by atoms with van der Waals surface area (Å²) in [5.74, 6) is 0.386. The van der Waals surface area contributed by atoms with Crippen molar-refractivity contribution in [3.63, 3.8) is 0 Å². The van der Waals surface area contributed by atoms with Gasteiger partial charge in [0.15, 0.2) is 0 Å². The van der Waals surface area contributed by atoms with Crippen LogP contribution in [0.15, 0.2) is 0 Å². The van der Waals surface area contributed by atoms with Crippen LogP contribution < -0.4 is 16.4 Å². The number of ether oxygens (including phenoxy) is 2. The van der Waals surface area contributed by atoms with E-state index in [0.717, 1.165) is 51.6 Å². The van der Waals surface area contributed by atoms with Crippen LogP contribution in [0.25, 0.3) is 0 Å². The minimum absolute atomic E-state index is 0.0498. The number of nitrogens with one attached hydrogen (secondary N) is 2. The highest BCUT2D eigenvalue weighted by Crippen LogP contribution is 2.38. The number of nitrogens with two attached hydrogens (primary N) is 1. The molecule has 9 heteroatoms. The molecule has 9 nitrogen and oxygen atoms in total. The second-order valence-corrected chi connectivity index (χ2v) is 10.5. The van der Waals surface area contributed by atoms with E-state index in [4.69, 9.17) is 15.2 Å². The van der Waals surface area contributed by atoms with E-state index >= 15 is 0 Å². The van der Waals surface area contributed by atoms with Gasteiger partial charge in [0.1, 0.15) is 0 Å². The van der Waals surface area contributed by atoms with Gasteiger partial charge in [-0.1, -0.05) is 6.92 Å². The van der Waals surface area contributed by atoms with E-state index in [9.17, 15) is 9.59 Å². The predicted octanol–water partition coefficient (Wildman–Crippen LogP) is 0.689. The zero-order chi connectivity index (χ0) is 23.7. The lowest BCUT2D eigenvalue weighted by Crippen LogP contribution is -2.75. The van der Waals surface area contributed by atoms with Crippen LogP contribution in [0, 0.1) is 23.7 Å². The molecular weight excluding hydrogens is 422 g/mol. The van der Waals surface area contributed by atoms with Crippen molar-refractivity contribution in [3.8, 4) is 0 Å². The fraction of sp³-hybridized carbons (Fsp3) is 0.917. The number of carbonyl (C=O) groups is 2. The summed E-state index contributed by atoms with van der Waals surface area (Å²) in [6, 6.07) is 0. The van der Waals surface area contributed by atoms with Crippen molar-refractivity contribution < 1.29 is 19.1 Å².